The zero-order valence-corrected chi connectivity index (χ0v) is 17.5. The number of likely N-dealkylation sites (N-methyl/N-ethyl adjacent to an activating group) is 1. The average Bonchev–Trinajstić information content (AvgIpc) is 3.12. The van der Waals surface area contributed by atoms with E-state index >= 15 is 0 Å². The number of nitrogens with zero attached hydrogens (tertiary/aromatic N) is 4. The molecule has 0 aromatic heterocycles. The van der Waals surface area contributed by atoms with Crippen molar-refractivity contribution in [1.29, 1.82) is 0 Å². The Hall–Kier alpha value is -0.610. The van der Waals surface area contributed by atoms with Gasteiger partial charge in [-0.1, -0.05) is 6.92 Å². The van der Waals surface area contributed by atoms with E-state index in [4.69, 9.17) is 4.74 Å². The normalized spacial score (nSPS) is 21.8. The van der Waals surface area contributed by atoms with Gasteiger partial charge < -0.3 is 24.8 Å². The van der Waals surface area contributed by atoms with Gasteiger partial charge in [-0.15, -0.1) is 24.0 Å². The molecule has 2 aliphatic rings. The van der Waals surface area contributed by atoms with Crippen molar-refractivity contribution >= 4 is 35.8 Å². The van der Waals surface area contributed by atoms with E-state index in [0.29, 0.717) is 0 Å². The SMILES string of the molecule is CCN(C)CCNC(=NC)N1CCN(C(=O)C2CCCO2)CC1.I. The second-order valence-electron chi connectivity index (χ2n) is 6.18. The third-order valence-electron chi connectivity index (χ3n) is 4.62. The summed E-state index contributed by atoms with van der Waals surface area (Å²) in [5.41, 5.74) is 0. The zero-order valence-electron chi connectivity index (χ0n) is 15.2. The van der Waals surface area contributed by atoms with Gasteiger partial charge in [-0.25, -0.2) is 0 Å². The molecule has 0 spiro atoms. The van der Waals surface area contributed by atoms with E-state index in [-0.39, 0.29) is 36.0 Å². The number of guanidine groups is 1. The smallest absolute Gasteiger partial charge is 0.251 e. The molecule has 2 rings (SSSR count). The molecule has 0 bridgehead atoms. The number of ether oxygens (including phenoxy) is 1. The molecular formula is C16H32IN5O2. The molecule has 7 nitrogen and oxygen atoms in total. The van der Waals surface area contributed by atoms with Crippen molar-refractivity contribution in [2.24, 2.45) is 4.99 Å². The second kappa shape index (κ2) is 11.1. The summed E-state index contributed by atoms with van der Waals surface area (Å²) < 4.78 is 5.50. The largest absolute Gasteiger partial charge is 0.368 e. The van der Waals surface area contributed by atoms with Crippen LogP contribution in [0.25, 0.3) is 0 Å². The lowest BCUT2D eigenvalue weighted by Gasteiger charge is -2.37. The highest BCUT2D eigenvalue weighted by atomic mass is 127. The molecule has 0 aliphatic carbocycles. The fourth-order valence-corrected chi connectivity index (χ4v) is 2.96. The van der Waals surface area contributed by atoms with Crippen molar-refractivity contribution in [1.82, 2.24) is 20.0 Å². The van der Waals surface area contributed by atoms with Gasteiger partial charge >= 0.3 is 0 Å². The van der Waals surface area contributed by atoms with Crippen LogP contribution in [0.15, 0.2) is 4.99 Å². The molecule has 24 heavy (non-hydrogen) atoms. The molecule has 1 amide bonds. The van der Waals surface area contributed by atoms with Crippen LogP contribution in [0, 0.1) is 0 Å². The van der Waals surface area contributed by atoms with Crippen LogP contribution in [0.1, 0.15) is 19.8 Å². The molecule has 0 saturated carbocycles. The maximum atomic E-state index is 12.4. The highest BCUT2D eigenvalue weighted by molar-refractivity contribution is 14.0. The van der Waals surface area contributed by atoms with E-state index in [1.54, 1.807) is 0 Å². The molecular weight excluding hydrogens is 421 g/mol. The van der Waals surface area contributed by atoms with Gasteiger partial charge in [0.1, 0.15) is 6.10 Å². The van der Waals surface area contributed by atoms with Crippen LogP contribution >= 0.6 is 24.0 Å². The van der Waals surface area contributed by atoms with Crippen molar-refractivity contribution in [3.63, 3.8) is 0 Å². The number of nitrogens with one attached hydrogen (secondary N) is 1. The predicted octanol–water partition coefficient (Wildman–Crippen LogP) is 0.455. The van der Waals surface area contributed by atoms with E-state index in [1.807, 2.05) is 11.9 Å². The first-order valence-electron chi connectivity index (χ1n) is 8.70. The molecule has 2 saturated heterocycles. The maximum absolute atomic E-state index is 12.4. The fraction of sp³-hybridized carbons (Fsp3) is 0.875. The van der Waals surface area contributed by atoms with Crippen LogP contribution in [0.4, 0.5) is 0 Å². The summed E-state index contributed by atoms with van der Waals surface area (Å²) in [6, 6.07) is 0. The van der Waals surface area contributed by atoms with Gasteiger partial charge in [0.25, 0.3) is 5.91 Å². The van der Waals surface area contributed by atoms with E-state index in [0.717, 1.165) is 71.2 Å². The molecule has 140 valence electrons. The second-order valence-corrected chi connectivity index (χ2v) is 6.18. The minimum atomic E-state index is -0.205. The molecule has 2 aliphatic heterocycles. The number of piperazine rings is 1. The van der Waals surface area contributed by atoms with Crippen molar-refractivity contribution in [3.05, 3.63) is 0 Å². The average molecular weight is 453 g/mol. The summed E-state index contributed by atoms with van der Waals surface area (Å²) in [6.07, 6.45) is 1.66. The number of carbonyl (C=O) groups is 1. The van der Waals surface area contributed by atoms with Crippen LogP contribution in [0.2, 0.25) is 0 Å². The Bertz CT molecular complexity index is 407. The Morgan fingerprint density at radius 3 is 2.50 bits per heavy atom. The number of hydrogen-bond acceptors (Lipinski definition) is 4. The number of hydrogen-bond donors (Lipinski definition) is 1. The summed E-state index contributed by atoms with van der Waals surface area (Å²) in [5, 5.41) is 3.41. The van der Waals surface area contributed by atoms with Gasteiger partial charge in [0.05, 0.1) is 0 Å². The van der Waals surface area contributed by atoms with Gasteiger partial charge in [0.15, 0.2) is 5.96 Å². The topological polar surface area (TPSA) is 60.4 Å². The standard InChI is InChI=1S/C16H31N5O2.HI/c1-4-19(3)8-7-18-16(17-2)21-11-9-20(10-12-21)15(22)14-6-5-13-23-14;/h14H,4-13H2,1-3H3,(H,17,18);1H. The zero-order chi connectivity index (χ0) is 16.7. The third-order valence-corrected chi connectivity index (χ3v) is 4.62. The molecule has 0 radical (unpaired) electrons. The molecule has 2 heterocycles. The van der Waals surface area contributed by atoms with E-state index in [9.17, 15) is 4.79 Å². The highest BCUT2D eigenvalue weighted by Gasteiger charge is 2.30. The maximum Gasteiger partial charge on any atom is 0.251 e. The van der Waals surface area contributed by atoms with Crippen LogP contribution in [-0.2, 0) is 9.53 Å². The van der Waals surface area contributed by atoms with Gasteiger partial charge in [-0.2, -0.15) is 0 Å². The summed E-state index contributed by atoms with van der Waals surface area (Å²) in [6.45, 7) is 8.92. The van der Waals surface area contributed by atoms with Gasteiger partial charge in [-0.3, -0.25) is 9.79 Å². The summed E-state index contributed by atoms with van der Waals surface area (Å²) in [7, 11) is 3.93. The van der Waals surface area contributed by atoms with Gasteiger partial charge in [-0.05, 0) is 26.4 Å². The minimum Gasteiger partial charge on any atom is -0.368 e. The monoisotopic (exact) mass is 453 g/mol. The Labute approximate surface area is 162 Å². The molecule has 1 N–H and O–H groups in total. The van der Waals surface area contributed by atoms with E-state index in [1.165, 1.54) is 0 Å². The quantitative estimate of drug-likeness (QED) is 0.373. The Kier molecular flexibility index (Phi) is 9.91. The lowest BCUT2D eigenvalue weighted by molar-refractivity contribution is -0.142. The van der Waals surface area contributed by atoms with E-state index < -0.39 is 0 Å². The Morgan fingerprint density at radius 1 is 1.29 bits per heavy atom. The number of amides is 1. The first kappa shape index (κ1) is 21.4. The number of aliphatic imine (C=N–C) groups is 1. The van der Waals surface area contributed by atoms with E-state index in [2.05, 4.69) is 34.1 Å². The fourth-order valence-electron chi connectivity index (χ4n) is 2.96. The van der Waals surface area contributed by atoms with Gasteiger partial charge in [0, 0.05) is 52.9 Å². The van der Waals surface area contributed by atoms with Crippen molar-refractivity contribution in [2.45, 2.75) is 25.9 Å². The molecule has 1 unspecified atom stereocenters. The molecule has 8 heteroatoms. The predicted molar refractivity (Wildman–Crippen MR) is 107 cm³/mol. The minimum absolute atomic E-state index is 0. The van der Waals surface area contributed by atoms with Crippen molar-refractivity contribution < 1.29 is 9.53 Å². The number of halogens is 1. The van der Waals surface area contributed by atoms with Crippen molar-refractivity contribution in [3.8, 4) is 0 Å². The molecule has 2 fully saturated rings. The Balaban J connectivity index is 0.00000288. The first-order valence-corrected chi connectivity index (χ1v) is 8.70. The number of carbonyl (C=O) groups excluding carboxylic acids is 1. The van der Waals surface area contributed by atoms with Crippen molar-refractivity contribution in [2.75, 3.05) is 66.5 Å². The molecule has 1 atom stereocenters. The number of rotatable bonds is 5. The van der Waals surface area contributed by atoms with Gasteiger partial charge in [0.2, 0.25) is 0 Å². The van der Waals surface area contributed by atoms with Crippen LogP contribution in [-0.4, -0.2) is 99.2 Å². The summed E-state index contributed by atoms with van der Waals surface area (Å²) in [5.74, 6) is 1.09. The lowest BCUT2D eigenvalue weighted by atomic mass is 10.2. The Morgan fingerprint density at radius 2 is 1.96 bits per heavy atom. The first-order chi connectivity index (χ1) is 11.2. The van der Waals surface area contributed by atoms with Crippen LogP contribution in [0.5, 0.6) is 0 Å². The molecule has 0 aromatic carbocycles. The van der Waals surface area contributed by atoms with Crippen LogP contribution in [0.3, 0.4) is 0 Å². The molecule has 0 aromatic rings. The summed E-state index contributed by atoms with van der Waals surface area (Å²) >= 11 is 0. The highest BCUT2D eigenvalue weighted by Crippen LogP contribution is 2.16. The lowest BCUT2D eigenvalue weighted by Crippen LogP contribution is -2.55. The summed E-state index contributed by atoms with van der Waals surface area (Å²) in [4.78, 5) is 23.1. The van der Waals surface area contributed by atoms with Crippen LogP contribution < -0.4 is 5.32 Å². The third kappa shape index (κ3) is 6.03.